The lowest BCUT2D eigenvalue weighted by Crippen LogP contribution is -2.10. The minimum absolute atomic E-state index is 0.0118. The topological polar surface area (TPSA) is 64.2 Å². The first-order valence-electron chi connectivity index (χ1n) is 8.70. The van der Waals surface area contributed by atoms with Gasteiger partial charge in [-0.25, -0.2) is 9.37 Å². The van der Waals surface area contributed by atoms with Crippen LogP contribution in [0.3, 0.4) is 0 Å². The van der Waals surface area contributed by atoms with Gasteiger partial charge < -0.3 is 14.5 Å². The molecule has 3 aromatic carbocycles. The number of nitrogens with one attached hydrogen (secondary N) is 1. The Morgan fingerprint density at radius 1 is 1.00 bits per heavy atom. The van der Waals surface area contributed by atoms with Gasteiger partial charge in [-0.15, -0.1) is 0 Å². The first-order valence-corrected chi connectivity index (χ1v) is 8.70. The number of aromatic amines is 1. The second-order valence-corrected chi connectivity index (χ2v) is 6.15. The number of H-pyrrole nitrogens is 1. The predicted octanol–water partition coefficient (Wildman–Crippen LogP) is 4.32. The van der Waals surface area contributed by atoms with Crippen LogP contribution in [0.1, 0.15) is 5.56 Å². The van der Waals surface area contributed by atoms with Crippen molar-refractivity contribution in [3.63, 3.8) is 0 Å². The first kappa shape index (κ1) is 17.7. The molecule has 1 heterocycles. The summed E-state index contributed by atoms with van der Waals surface area (Å²) < 4.78 is 25.3. The van der Waals surface area contributed by atoms with Crippen LogP contribution in [0, 0.1) is 5.82 Å². The van der Waals surface area contributed by atoms with E-state index >= 15 is 0 Å². The van der Waals surface area contributed by atoms with E-state index in [0.717, 1.165) is 0 Å². The highest BCUT2D eigenvalue weighted by Gasteiger charge is 2.16. The Labute approximate surface area is 160 Å². The number of rotatable bonds is 5. The number of benzene rings is 3. The van der Waals surface area contributed by atoms with E-state index in [1.54, 1.807) is 54.6 Å². The maximum absolute atomic E-state index is 14.0. The summed E-state index contributed by atoms with van der Waals surface area (Å²) in [4.78, 5) is 19.8. The highest BCUT2D eigenvalue weighted by atomic mass is 19.1. The summed E-state index contributed by atoms with van der Waals surface area (Å²) in [5.41, 5.74) is 1.30. The Kier molecular flexibility index (Phi) is 4.76. The molecular formula is C22H17FN2O3. The third kappa shape index (κ3) is 3.32. The molecule has 0 aliphatic heterocycles. The third-order valence-electron chi connectivity index (χ3n) is 4.40. The summed E-state index contributed by atoms with van der Waals surface area (Å²) in [6.07, 6.45) is 0. The smallest absolute Gasteiger partial charge is 0.259 e. The number of aromatic nitrogens is 2. The molecule has 0 aliphatic rings. The zero-order chi connectivity index (χ0) is 19.5. The minimum Gasteiger partial charge on any atom is -0.493 e. The molecule has 0 saturated carbocycles. The molecule has 0 bridgehead atoms. The molecule has 4 rings (SSSR count). The van der Waals surface area contributed by atoms with E-state index in [9.17, 15) is 9.18 Å². The van der Waals surface area contributed by atoms with E-state index in [1.165, 1.54) is 13.2 Å². The largest absolute Gasteiger partial charge is 0.493 e. The van der Waals surface area contributed by atoms with Gasteiger partial charge in [-0.05, 0) is 30.3 Å². The number of methoxy groups -OCH3 is 1. The standard InChI is InChI=1S/C22H17FN2O3/c1-27-19-12-6-9-16(20(19)28-13-14-7-2-4-10-17(14)23)21-24-18-11-5-3-8-15(18)22(26)25-21/h2-12H,13H2,1H3,(H,24,25,26). The molecule has 0 spiro atoms. The predicted molar refractivity (Wildman–Crippen MR) is 105 cm³/mol. The number of ether oxygens (including phenoxy) is 2. The fourth-order valence-electron chi connectivity index (χ4n) is 2.99. The van der Waals surface area contributed by atoms with Crippen LogP contribution in [0.15, 0.2) is 71.5 Å². The number of hydrogen-bond acceptors (Lipinski definition) is 4. The number of halogens is 1. The average molecular weight is 376 g/mol. The van der Waals surface area contributed by atoms with Crippen molar-refractivity contribution in [2.75, 3.05) is 7.11 Å². The van der Waals surface area contributed by atoms with E-state index in [0.29, 0.717) is 39.4 Å². The van der Waals surface area contributed by atoms with E-state index in [1.807, 2.05) is 6.07 Å². The summed E-state index contributed by atoms with van der Waals surface area (Å²) in [6.45, 7) is 0.0118. The van der Waals surface area contributed by atoms with Gasteiger partial charge >= 0.3 is 0 Å². The number of para-hydroxylation sites is 2. The molecule has 140 valence electrons. The minimum atomic E-state index is -0.351. The van der Waals surface area contributed by atoms with Crippen molar-refractivity contribution < 1.29 is 13.9 Å². The third-order valence-corrected chi connectivity index (χ3v) is 4.40. The second-order valence-electron chi connectivity index (χ2n) is 6.15. The SMILES string of the molecule is COc1cccc(-c2nc3ccccc3c(=O)[nH]2)c1OCc1ccccc1F. The van der Waals surface area contributed by atoms with Crippen molar-refractivity contribution in [1.82, 2.24) is 9.97 Å². The van der Waals surface area contributed by atoms with Crippen molar-refractivity contribution in [3.8, 4) is 22.9 Å². The van der Waals surface area contributed by atoms with Crippen LogP contribution in [-0.4, -0.2) is 17.1 Å². The van der Waals surface area contributed by atoms with Gasteiger partial charge in [0, 0.05) is 5.56 Å². The van der Waals surface area contributed by atoms with Gasteiger partial charge in [0.1, 0.15) is 18.2 Å². The molecule has 0 radical (unpaired) electrons. The summed E-state index contributed by atoms with van der Waals surface area (Å²) in [5, 5.41) is 0.503. The molecule has 0 aliphatic carbocycles. The molecule has 0 atom stereocenters. The van der Waals surface area contributed by atoms with Crippen LogP contribution in [0.4, 0.5) is 4.39 Å². The van der Waals surface area contributed by atoms with E-state index < -0.39 is 0 Å². The fraction of sp³-hybridized carbons (Fsp3) is 0.0909. The van der Waals surface area contributed by atoms with Gasteiger partial charge in [0.05, 0.1) is 23.6 Å². The summed E-state index contributed by atoms with van der Waals surface area (Å²) in [7, 11) is 1.52. The van der Waals surface area contributed by atoms with E-state index in [2.05, 4.69) is 9.97 Å². The molecule has 0 amide bonds. The molecule has 5 nitrogen and oxygen atoms in total. The molecule has 0 saturated heterocycles. The lowest BCUT2D eigenvalue weighted by atomic mass is 10.1. The van der Waals surface area contributed by atoms with Crippen molar-refractivity contribution >= 4 is 10.9 Å². The Balaban J connectivity index is 1.80. The van der Waals surface area contributed by atoms with Gasteiger partial charge in [0.2, 0.25) is 0 Å². The molecule has 1 aromatic heterocycles. The van der Waals surface area contributed by atoms with E-state index in [-0.39, 0.29) is 18.0 Å². The second kappa shape index (κ2) is 7.52. The van der Waals surface area contributed by atoms with Gasteiger partial charge in [0.25, 0.3) is 5.56 Å². The Morgan fingerprint density at radius 2 is 1.79 bits per heavy atom. The lowest BCUT2D eigenvalue weighted by molar-refractivity contribution is 0.281. The quantitative estimate of drug-likeness (QED) is 0.564. The highest BCUT2D eigenvalue weighted by Crippen LogP contribution is 2.37. The first-order chi connectivity index (χ1) is 13.7. The fourth-order valence-corrected chi connectivity index (χ4v) is 2.99. The molecule has 6 heteroatoms. The Morgan fingerprint density at radius 3 is 2.61 bits per heavy atom. The van der Waals surface area contributed by atoms with Crippen molar-refractivity contribution in [3.05, 3.63) is 88.5 Å². The maximum Gasteiger partial charge on any atom is 0.259 e. The normalized spacial score (nSPS) is 10.8. The van der Waals surface area contributed by atoms with Gasteiger partial charge in [-0.2, -0.15) is 0 Å². The van der Waals surface area contributed by atoms with Crippen LogP contribution in [-0.2, 0) is 6.61 Å². The van der Waals surface area contributed by atoms with Gasteiger partial charge in [-0.3, -0.25) is 4.79 Å². The van der Waals surface area contributed by atoms with E-state index in [4.69, 9.17) is 9.47 Å². The summed E-state index contributed by atoms with van der Waals surface area (Å²) in [6, 6.07) is 18.8. The molecule has 1 N–H and O–H groups in total. The molecule has 4 aromatic rings. The van der Waals surface area contributed by atoms with Crippen LogP contribution in [0.5, 0.6) is 11.5 Å². The lowest BCUT2D eigenvalue weighted by Gasteiger charge is -2.15. The molecule has 28 heavy (non-hydrogen) atoms. The Hall–Kier alpha value is -3.67. The van der Waals surface area contributed by atoms with Crippen LogP contribution >= 0.6 is 0 Å². The summed E-state index contributed by atoms with van der Waals surface area (Å²) >= 11 is 0. The number of hydrogen-bond donors (Lipinski definition) is 1. The molecular weight excluding hydrogens is 359 g/mol. The van der Waals surface area contributed by atoms with Crippen LogP contribution in [0.25, 0.3) is 22.3 Å². The molecule has 0 unspecified atom stereocenters. The summed E-state index contributed by atoms with van der Waals surface area (Å²) in [5.74, 6) is 0.846. The maximum atomic E-state index is 14.0. The average Bonchev–Trinajstić information content (AvgIpc) is 2.73. The van der Waals surface area contributed by atoms with Crippen LogP contribution in [0.2, 0.25) is 0 Å². The van der Waals surface area contributed by atoms with Gasteiger partial charge in [-0.1, -0.05) is 36.4 Å². The number of nitrogens with zero attached hydrogens (tertiary/aromatic N) is 1. The number of fused-ring (bicyclic) bond motifs is 1. The zero-order valence-electron chi connectivity index (χ0n) is 15.1. The van der Waals surface area contributed by atoms with Crippen LogP contribution < -0.4 is 15.0 Å². The van der Waals surface area contributed by atoms with Gasteiger partial charge in [0.15, 0.2) is 11.5 Å². The van der Waals surface area contributed by atoms with Crippen molar-refractivity contribution in [2.24, 2.45) is 0 Å². The Bertz CT molecular complexity index is 1200. The zero-order valence-corrected chi connectivity index (χ0v) is 15.1. The highest BCUT2D eigenvalue weighted by molar-refractivity contribution is 5.80. The monoisotopic (exact) mass is 376 g/mol. The van der Waals surface area contributed by atoms with Crippen molar-refractivity contribution in [1.29, 1.82) is 0 Å². The molecule has 0 fully saturated rings. The van der Waals surface area contributed by atoms with Crippen molar-refractivity contribution in [2.45, 2.75) is 6.61 Å².